The molecular weight excluding hydrogens is 699 g/mol. The van der Waals surface area contributed by atoms with E-state index in [0.29, 0.717) is 0 Å². The first kappa shape index (κ1) is 32.5. The van der Waals surface area contributed by atoms with E-state index in [0.717, 1.165) is 35.5 Å². The van der Waals surface area contributed by atoms with Crippen molar-refractivity contribution in [3.05, 3.63) is 174 Å². The van der Waals surface area contributed by atoms with Crippen LogP contribution in [0.3, 0.4) is 0 Å². The van der Waals surface area contributed by atoms with Crippen LogP contribution in [0.15, 0.2) is 152 Å². The Morgan fingerprint density at radius 2 is 0.931 bits per heavy atom. The third-order valence-corrected chi connectivity index (χ3v) is 17.3. The molecule has 282 valence electrons. The summed E-state index contributed by atoms with van der Waals surface area (Å²) in [6.07, 6.45) is 12.6. The van der Waals surface area contributed by atoms with Gasteiger partial charge in [-0.1, -0.05) is 116 Å². The molecule has 58 heavy (non-hydrogen) atoms. The van der Waals surface area contributed by atoms with Gasteiger partial charge in [-0.15, -0.1) is 0 Å². The van der Waals surface area contributed by atoms with Crippen LogP contribution in [0.1, 0.15) is 80.0 Å². The van der Waals surface area contributed by atoms with E-state index in [1.807, 2.05) is 0 Å². The fourth-order valence-electron chi connectivity index (χ4n) is 15.4. The molecule has 7 aromatic rings. The molecule has 0 aliphatic heterocycles. The number of rotatable bonds is 4. The first-order valence-electron chi connectivity index (χ1n) is 22.5. The van der Waals surface area contributed by atoms with E-state index < -0.39 is 0 Å². The Morgan fingerprint density at radius 1 is 0.379 bits per heavy atom. The smallest absolute Gasteiger partial charge is 0.0468 e. The van der Waals surface area contributed by atoms with Crippen LogP contribution in [-0.2, 0) is 10.8 Å². The lowest BCUT2D eigenvalue weighted by Crippen LogP contribution is -2.55. The largest absolute Gasteiger partial charge is 0.310 e. The van der Waals surface area contributed by atoms with Crippen LogP contribution < -0.4 is 4.90 Å². The third-order valence-electron chi connectivity index (χ3n) is 17.3. The lowest BCUT2D eigenvalue weighted by atomic mass is 9.43. The minimum atomic E-state index is 0.177. The highest BCUT2D eigenvalue weighted by atomic mass is 15.1. The van der Waals surface area contributed by atoms with Gasteiger partial charge in [0.25, 0.3) is 0 Å². The van der Waals surface area contributed by atoms with Gasteiger partial charge < -0.3 is 4.90 Å². The molecule has 1 heteroatoms. The van der Waals surface area contributed by atoms with Gasteiger partial charge in [0.15, 0.2) is 0 Å². The highest BCUT2D eigenvalue weighted by Gasteiger charge is 2.62. The first-order valence-corrected chi connectivity index (χ1v) is 22.5. The number of hydrogen-bond donors (Lipinski definition) is 0. The molecule has 6 fully saturated rings. The summed E-state index contributed by atoms with van der Waals surface area (Å²) in [4.78, 5) is 2.57. The Morgan fingerprint density at radius 3 is 1.64 bits per heavy atom. The van der Waals surface area contributed by atoms with Gasteiger partial charge in [-0.25, -0.2) is 0 Å². The fraction of sp³-hybridized carbons (Fsp3) is 0.298. The van der Waals surface area contributed by atoms with E-state index in [1.54, 1.807) is 22.3 Å². The van der Waals surface area contributed by atoms with Crippen molar-refractivity contribution < 1.29 is 0 Å². The number of benzene rings is 7. The van der Waals surface area contributed by atoms with Crippen LogP contribution in [0.4, 0.5) is 17.1 Å². The van der Waals surface area contributed by atoms with Crippen molar-refractivity contribution in [1.29, 1.82) is 0 Å². The molecule has 0 aromatic heterocycles. The molecule has 6 saturated carbocycles. The fourth-order valence-corrected chi connectivity index (χ4v) is 15.4. The molecule has 1 nitrogen and oxygen atoms in total. The molecular formula is C57H49N. The van der Waals surface area contributed by atoms with Gasteiger partial charge >= 0.3 is 0 Å². The molecule has 15 rings (SSSR count). The van der Waals surface area contributed by atoms with Crippen molar-refractivity contribution in [2.75, 3.05) is 4.90 Å². The van der Waals surface area contributed by atoms with E-state index in [4.69, 9.17) is 0 Å². The van der Waals surface area contributed by atoms with Crippen LogP contribution in [0.25, 0.3) is 44.2 Å². The molecule has 6 bridgehead atoms. The zero-order valence-corrected chi connectivity index (χ0v) is 33.2. The summed E-state index contributed by atoms with van der Waals surface area (Å²) in [6.45, 7) is 0. The quantitative estimate of drug-likeness (QED) is 0.173. The van der Waals surface area contributed by atoms with E-state index in [1.165, 1.54) is 119 Å². The molecule has 7 aromatic carbocycles. The van der Waals surface area contributed by atoms with Crippen molar-refractivity contribution in [3.8, 4) is 33.4 Å². The van der Waals surface area contributed by atoms with E-state index in [-0.39, 0.29) is 10.8 Å². The number of anilines is 3. The Balaban J connectivity index is 0.940. The van der Waals surface area contributed by atoms with Crippen molar-refractivity contribution in [3.63, 3.8) is 0 Å². The zero-order chi connectivity index (χ0) is 37.7. The molecule has 3 atom stereocenters. The van der Waals surface area contributed by atoms with E-state index in [2.05, 4.69) is 157 Å². The van der Waals surface area contributed by atoms with Crippen molar-refractivity contribution in [2.24, 2.45) is 35.5 Å². The molecule has 0 saturated heterocycles. The van der Waals surface area contributed by atoms with Gasteiger partial charge in [0.2, 0.25) is 0 Å². The maximum atomic E-state index is 2.59. The van der Waals surface area contributed by atoms with Crippen molar-refractivity contribution in [1.82, 2.24) is 0 Å². The van der Waals surface area contributed by atoms with Gasteiger partial charge in [0, 0.05) is 27.9 Å². The topological polar surface area (TPSA) is 3.24 Å². The second-order valence-electron chi connectivity index (χ2n) is 19.7. The lowest BCUT2D eigenvalue weighted by molar-refractivity contribution is -0.0399. The molecule has 8 aliphatic rings. The van der Waals surface area contributed by atoms with Crippen LogP contribution >= 0.6 is 0 Å². The predicted octanol–water partition coefficient (Wildman–Crippen LogP) is 14.8. The summed E-state index contributed by atoms with van der Waals surface area (Å²) in [5.41, 5.74) is 18.9. The molecule has 0 N–H and O–H groups in total. The molecule has 0 amide bonds. The van der Waals surface area contributed by atoms with Crippen LogP contribution in [-0.4, -0.2) is 0 Å². The van der Waals surface area contributed by atoms with Crippen molar-refractivity contribution in [2.45, 2.75) is 68.6 Å². The maximum absolute atomic E-state index is 2.59. The van der Waals surface area contributed by atoms with Crippen LogP contribution in [0.2, 0.25) is 0 Å². The Bertz CT molecular complexity index is 2810. The molecule has 2 spiro atoms. The number of fused-ring (bicyclic) bond motifs is 12. The Hall–Kier alpha value is -5.40. The summed E-state index contributed by atoms with van der Waals surface area (Å²) in [5, 5.41) is 2.57. The molecule has 0 heterocycles. The molecule has 3 unspecified atom stereocenters. The van der Waals surface area contributed by atoms with Crippen LogP contribution in [0.5, 0.6) is 0 Å². The highest BCUT2D eigenvalue weighted by Crippen LogP contribution is 2.70. The maximum Gasteiger partial charge on any atom is 0.0468 e. The van der Waals surface area contributed by atoms with Gasteiger partial charge in [-0.3, -0.25) is 0 Å². The SMILES string of the molecule is c1ccc2c(c1)-c1cc(N(c3ccc(-c4ccc5ccccc5c4)cc3)c3ccc4c(c3)-c3ccccc3C43C4CC5CC(C4)CC3C5)ccc1C21CC2CCC1C2. The predicted molar refractivity (Wildman–Crippen MR) is 239 cm³/mol. The van der Waals surface area contributed by atoms with Gasteiger partial charge in [-0.05, 0) is 196 Å². The van der Waals surface area contributed by atoms with Crippen LogP contribution in [0, 0.1) is 35.5 Å². The standard InChI is InChI=1S/C57H49N/c1-2-8-40-31-41(15-14-38(40)7-1)39-16-19-45(20-17-39)58(46-21-23-53-50(32-46)48-9-3-5-11-52(48)56(53)34-35-13-18-42(56)26-35)47-22-24-55-51(33-47)49-10-4-6-12-54(49)57(55)43-27-36-25-37(29-43)30-44(57)28-36/h1-12,14-17,19-24,31-33,35-37,42-44H,13,18,25-30,34H2. The third kappa shape index (κ3) is 4.18. The average Bonchev–Trinajstić information content (AvgIpc) is 4.03. The first-order chi connectivity index (χ1) is 28.6. The number of hydrogen-bond acceptors (Lipinski definition) is 1. The lowest BCUT2D eigenvalue weighted by Gasteiger charge is -2.61. The second kappa shape index (κ2) is 11.6. The normalized spacial score (nSPS) is 29.9. The minimum absolute atomic E-state index is 0.177. The van der Waals surface area contributed by atoms with Gasteiger partial charge in [0.1, 0.15) is 0 Å². The molecule has 8 aliphatic carbocycles. The Kier molecular flexibility index (Phi) is 6.52. The highest BCUT2D eigenvalue weighted by molar-refractivity contribution is 5.91. The Labute approximate surface area is 342 Å². The number of nitrogens with zero attached hydrogens (tertiary/aromatic N) is 1. The van der Waals surface area contributed by atoms with E-state index >= 15 is 0 Å². The van der Waals surface area contributed by atoms with Crippen molar-refractivity contribution >= 4 is 27.8 Å². The van der Waals surface area contributed by atoms with Gasteiger partial charge in [-0.2, -0.15) is 0 Å². The monoisotopic (exact) mass is 747 g/mol. The zero-order valence-electron chi connectivity index (χ0n) is 33.2. The minimum Gasteiger partial charge on any atom is -0.310 e. The van der Waals surface area contributed by atoms with Gasteiger partial charge in [0.05, 0.1) is 0 Å². The average molecular weight is 748 g/mol. The molecule has 0 radical (unpaired) electrons. The summed E-state index contributed by atoms with van der Waals surface area (Å²) in [6, 6.07) is 59.2. The second-order valence-corrected chi connectivity index (χ2v) is 19.7. The summed E-state index contributed by atoms with van der Waals surface area (Å²) >= 11 is 0. The summed E-state index contributed by atoms with van der Waals surface area (Å²) in [5.74, 6) is 5.06. The van der Waals surface area contributed by atoms with E-state index in [9.17, 15) is 0 Å². The summed E-state index contributed by atoms with van der Waals surface area (Å²) in [7, 11) is 0. The summed E-state index contributed by atoms with van der Waals surface area (Å²) < 4.78 is 0.